The molecular weight excluding hydrogens is 603 g/mol. The van der Waals surface area contributed by atoms with Gasteiger partial charge in [-0.2, -0.15) is 9.13 Å². The predicted molar refractivity (Wildman–Crippen MR) is 201 cm³/mol. The second kappa shape index (κ2) is 12.3. The largest absolute Gasteiger partial charge is 0.437 e. The molecule has 48 heavy (non-hydrogen) atoms. The van der Waals surface area contributed by atoms with Crippen LogP contribution in [-0.2, 0) is 6.42 Å². The molecule has 2 aliphatic heterocycles. The lowest BCUT2D eigenvalue weighted by molar-refractivity contribution is -0.719. The van der Waals surface area contributed by atoms with Crippen LogP contribution in [0.2, 0.25) is 19.6 Å². The summed E-state index contributed by atoms with van der Waals surface area (Å²) in [5, 5.41) is 2.61. The number of nitrogens with zero attached hydrogens (tertiary/aromatic N) is 3. The number of furan rings is 1. The first kappa shape index (κ1) is 32.2. The van der Waals surface area contributed by atoms with Gasteiger partial charge < -0.3 is 4.42 Å². The SMILES string of the molecule is C=C/C1=C(\c2oc3ncccc3c2C)c2cc(C(C)C)cc[n+]2C(=C)CC2C(CC1)c1ccccc1-c1cc(CC)c([Si](C)(C)C)c[n+]12. The number of hydrogen-bond donors (Lipinski definition) is 0. The Morgan fingerprint density at radius 1 is 1.06 bits per heavy atom. The van der Waals surface area contributed by atoms with Crippen LogP contribution in [0.1, 0.15) is 91.6 Å². The van der Waals surface area contributed by atoms with Crippen LogP contribution in [0, 0.1) is 6.92 Å². The molecule has 7 rings (SSSR count). The van der Waals surface area contributed by atoms with Crippen LogP contribution in [0.25, 0.3) is 33.6 Å². The first-order valence-electron chi connectivity index (χ1n) is 17.6. The smallest absolute Gasteiger partial charge is 0.226 e. The maximum Gasteiger partial charge on any atom is 0.226 e. The second-order valence-corrected chi connectivity index (χ2v) is 20.1. The van der Waals surface area contributed by atoms with Gasteiger partial charge in [0.05, 0.1) is 20.1 Å². The van der Waals surface area contributed by atoms with Crippen molar-refractivity contribution in [1.82, 2.24) is 4.98 Å². The van der Waals surface area contributed by atoms with E-state index in [2.05, 4.69) is 135 Å². The molecule has 5 aromatic rings. The van der Waals surface area contributed by atoms with Gasteiger partial charge in [-0.1, -0.05) is 71.3 Å². The van der Waals surface area contributed by atoms with E-state index < -0.39 is 8.07 Å². The van der Waals surface area contributed by atoms with Crippen molar-refractivity contribution in [3.8, 4) is 11.3 Å². The molecule has 0 aliphatic carbocycles. The van der Waals surface area contributed by atoms with E-state index in [0.29, 0.717) is 17.5 Å². The summed E-state index contributed by atoms with van der Waals surface area (Å²) in [6.45, 7) is 25.7. The molecule has 2 unspecified atom stereocenters. The van der Waals surface area contributed by atoms with Gasteiger partial charge in [0.25, 0.3) is 0 Å². The molecule has 0 spiro atoms. The van der Waals surface area contributed by atoms with E-state index in [1.54, 1.807) is 11.4 Å². The van der Waals surface area contributed by atoms with Gasteiger partial charge >= 0.3 is 0 Å². The average Bonchev–Trinajstić information content (AvgIpc) is 3.41. The third kappa shape index (κ3) is 5.33. The van der Waals surface area contributed by atoms with Crippen LogP contribution in [0.15, 0.2) is 102 Å². The van der Waals surface area contributed by atoms with Gasteiger partial charge in [0, 0.05) is 52.0 Å². The van der Waals surface area contributed by atoms with Crippen molar-refractivity contribution < 1.29 is 13.6 Å². The van der Waals surface area contributed by atoms with Crippen molar-refractivity contribution in [3.63, 3.8) is 0 Å². The number of fused-ring (bicyclic) bond motifs is 8. The van der Waals surface area contributed by atoms with E-state index in [0.717, 1.165) is 59.4 Å². The summed E-state index contributed by atoms with van der Waals surface area (Å²) in [4.78, 5) is 4.60. The molecule has 0 radical (unpaired) electrons. The minimum absolute atomic E-state index is 0.235. The van der Waals surface area contributed by atoms with Crippen molar-refractivity contribution >= 4 is 35.6 Å². The normalized spacial score (nSPS) is 19.5. The zero-order valence-electron chi connectivity index (χ0n) is 29.7. The van der Waals surface area contributed by atoms with E-state index in [1.165, 1.54) is 33.5 Å². The van der Waals surface area contributed by atoms with Crippen molar-refractivity contribution in [3.05, 3.63) is 132 Å². The Kier molecular flexibility index (Phi) is 8.23. The van der Waals surface area contributed by atoms with Gasteiger partial charge in [-0.15, -0.1) is 0 Å². The molecule has 0 bridgehead atoms. The Labute approximate surface area is 287 Å². The summed E-state index contributed by atoms with van der Waals surface area (Å²) in [6, 6.07) is 20.6. The molecule has 244 valence electrons. The Balaban J connectivity index is 1.50. The fourth-order valence-electron chi connectivity index (χ4n) is 8.15. The molecule has 2 aliphatic rings. The number of aromatic nitrogens is 3. The van der Waals surface area contributed by atoms with Crippen molar-refractivity contribution in [2.45, 2.75) is 90.9 Å². The molecule has 2 atom stereocenters. The van der Waals surface area contributed by atoms with Crippen molar-refractivity contribution in [2.75, 3.05) is 0 Å². The van der Waals surface area contributed by atoms with E-state index in [9.17, 15) is 0 Å². The second-order valence-electron chi connectivity index (χ2n) is 15.1. The lowest BCUT2D eigenvalue weighted by atomic mass is 9.77. The van der Waals surface area contributed by atoms with Crippen molar-refractivity contribution in [1.29, 1.82) is 0 Å². The van der Waals surface area contributed by atoms with Gasteiger partial charge in [-0.25, -0.2) is 4.98 Å². The monoisotopic (exact) mass is 651 g/mol. The van der Waals surface area contributed by atoms with Crippen LogP contribution in [0.3, 0.4) is 0 Å². The van der Waals surface area contributed by atoms with Crippen LogP contribution < -0.4 is 14.3 Å². The summed E-state index contributed by atoms with van der Waals surface area (Å²) in [5.41, 5.74) is 13.1. The van der Waals surface area contributed by atoms with Gasteiger partial charge in [0.15, 0.2) is 24.1 Å². The third-order valence-corrected chi connectivity index (χ3v) is 12.8. The van der Waals surface area contributed by atoms with Gasteiger partial charge in [0.2, 0.25) is 17.1 Å². The Morgan fingerprint density at radius 3 is 2.56 bits per heavy atom. The lowest BCUT2D eigenvalue weighted by Gasteiger charge is -2.33. The molecule has 4 aromatic heterocycles. The summed E-state index contributed by atoms with van der Waals surface area (Å²) < 4.78 is 11.6. The molecule has 0 fully saturated rings. The quantitative estimate of drug-likeness (QED) is 0.140. The maximum absolute atomic E-state index is 6.65. The molecule has 6 heterocycles. The number of aryl methyl sites for hydroxylation is 2. The number of allylic oxidation sites excluding steroid dienone is 3. The minimum Gasteiger partial charge on any atom is -0.437 e. The van der Waals surface area contributed by atoms with Crippen molar-refractivity contribution in [2.24, 2.45) is 0 Å². The molecule has 0 amide bonds. The van der Waals surface area contributed by atoms with Crippen LogP contribution >= 0.6 is 0 Å². The molecular formula is C43H49N3OSi+2. The number of benzene rings is 1. The summed E-state index contributed by atoms with van der Waals surface area (Å²) in [7, 11) is -1.61. The third-order valence-electron chi connectivity index (χ3n) is 10.8. The number of pyridine rings is 3. The molecule has 0 N–H and O–H groups in total. The van der Waals surface area contributed by atoms with Gasteiger partial charge in [-0.05, 0) is 79.1 Å². The molecule has 0 saturated carbocycles. The van der Waals surface area contributed by atoms with Crippen LogP contribution in [-0.4, -0.2) is 13.1 Å². The Bertz CT molecular complexity index is 2130. The molecule has 4 nitrogen and oxygen atoms in total. The minimum atomic E-state index is -1.61. The highest BCUT2D eigenvalue weighted by Crippen LogP contribution is 2.46. The standard InChI is InChI=1S/C43H49N3OSi/c1-10-30-18-19-36-34-15-12-13-16-35(34)38-24-31(11-2)40(48(7,8)9)26-46(38)37(36)23-28(5)45-22-20-32(27(3)4)25-39(45)41(30)42-29(6)33-17-14-21-44-43(33)47-42/h10,12-17,20-22,24-27,36-37H,1,5,11,18-19,23H2,2-4,6-9H3/q+2/b41-30+. The zero-order valence-corrected chi connectivity index (χ0v) is 30.7. The summed E-state index contributed by atoms with van der Waals surface area (Å²) in [6.07, 6.45) is 12.4. The first-order chi connectivity index (χ1) is 23.0. The summed E-state index contributed by atoms with van der Waals surface area (Å²) >= 11 is 0. The Hall–Kier alpha value is -4.35. The van der Waals surface area contributed by atoms with Crippen LogP contribution in [0.5, 0.6) is 0 Å². The zero-order chi connectivity index (χ0) is 33.9. The first-order valence-corrected chi connectivity index (χ1v) is 21.1. The number of hydrogen-bond acceptors (Lipinski definition) is 2. The Morgan fingerprint density at radius 2 is 1.85 bits per heavy atom. The number of rotatable bonds is 5. The van der Waals surface area contributed by atoms with E-state index in [4.69, 9.17) is 11.0 Å². The molecule has 0 saturated heterocycles. The van der Waals surface area contributed by atoms with E-state index in [-0.39, 0.29) is 6.04 Å². The highest BCUT2D eigenvalue weighted by molar-refractivity contribution is 6.89. The molecule has 5 heteroatoms. The van der Waals surface area contributed by atoms with Gasteiger partial charge in [0.1, 0.15) is 5.76 Å². The lowest BCUT2D eigenvalue weighted by Crippen LogP contribution is -2.54. The highest BCUT2D eigenvalue weighted by Gasteiger charge is 2.44. The topological polar surface area (TPSA) is 33.8 Å². The summed E-state index contributed by atoms with van der Waals surface area (Å²) in [5.74, 6) is 1.55. The van der Waals surface area contributed by atoms with E-state index in [1.807, 2.05) is 6.07 Å². The van der Waals surface area contributed by atoms with Gasteiger partial charge in [-0.3, -0.25) is 0 Å². The van der Waals surface area contributed by atoms with E-state index >= 15 is 0 Å². The molecule has 1 aromatic carbocycles. The van der Waals surface area contributed by atoms with Crippen LogP contribution in [0.4, 0.5) is 0 Å². The fraction of sp³-hybridized carbons (Fsp3) is 0.326. The predicted octanol–water partition coefficient (Wildman–Crippen LogP) is 9.59. The fourth-order valence-corrected chi connectivity index (χ4v) is 9.89. The maximum atomic E-state index is 6.65. The highest BCUT2D eigenvalue weighted by atomic mass is 28.3. The average molecular weight is 652 g/mol.